The predicted octanol–water partition coefficient (Wildman–Crippen LogP) is 3.01. The van der Waals surface area contributed by atoms with Gasteiger partial charge in [-0.15, -0.1) is 0 Å². The van der Waals surface area contributed by atoms with Crippen LogP contribution in [-0.4, -0.2) is 10.2 Å². The molecular formula is C13H14N2. The summed E-state index contributed by atoms with van der Waals surface area (Å²) >= 11 is 0. The van der Waals surface area contributed by atoms with E-state index in [9.17, 15) is 0 Å². The van der Waals surface area contributed by atoms with Gasteiger partial charge >= 0.3 is 0 Å². The fourth-order valence-corrected chi connectivity index (χ4v) is 1.83. The van der Waals surface area contributed by atoms with Crippen LogP contribution < -0.4 is 0 Å². The summed E-state index contributed by atoms with van der Waals surface area (Å²) in [5.74, 6) is 0. The number of benzene rings is 1. The SMILES string of the molecule is CCc1cccc(-c2ccnnc2)c1C. The van der Waals surface area contributed by atoms with E-state index in [4.69, 9.17) is 0 Å². The lowest BCUT2D eigenvalue weighted by Crippen LogP contribution is -1.91. The zero-order chi connectivity index (χ0) is 10.7. The zero-order valence-electron chi connectivity index (χ0n) is 9.07. The van der Waals surface area contributed by atoms with Crippen molar-refractivity contribution in [2.24, 2.45) is 0 Å². The first-order valence-electron chi connectivity index (χ1n) is 5.18. The van der Waals surface area contributed by atoms with Crippen molar-refractivity contribution in [3.05, 3.63) is 47.8 Å². The Hall–Kier alpha value is -1.70. The lowest BCUT2D eigenvalue weighted by atomic mass is 9.97. The number of aromatic nitrogens is 2. The molecule has 0 aliphatic heterocycles. The quantitative estimate of drug-likeness (QED) is 0.741. The van der Waals surface area contributed by atoms with Crippen molar-refractivity contribution < 1.29 is 0 Å². The fourth-order valence-electron chi connectivity index (χ4n) is 1.83. The summed E-state index contributed by atoms with van der Waals surface area (Å²) in [6, 6.07) is 8.40. The second kappa shape index (κ2) is 4.22. The summed E-state index contributed by atoms with van der Waals surface area (Å²) < 4.78 is 0. The van der Waals surface area contributed by atoms with Gasteiger partial charge in [-0.25, -0.2) is 0 Å². The molecule has 76 valence electrons. The van der Waals surface area contributed by atoms with Gasteiger partial charge in [-0.2, -0.15) is 10.2 Å². The van der Waals surface area contributed by atoms with Gasteiger partial charge in [0.1, 0.15) is 0 Å². The maximum Gasteiger partial charge on any atom is 0.0574 e. The number of nitrogens with zero attached hydrogens (tertiary/aromatic N) is 2. The molecule has 0 bridgehead atoms. The highest BCUT2D eigenvalue weighted by Crippen LogP contribution is 2.24. The summed E-state index contributed by atoms with van der Waals surface area (Å²) in [7, 11) is 0. The van der Waals surface area contributed by atoms with Crippen LogP contribution in [0.4, 0.5) is 0 Å². The van der Waals surface area contributed by atoms with Crippen LogP contribution in [0.5, 0.6) is 0 Å². The fraction of sp³-hybridized carbons (Fsp3) is 0.231. The minimum absolute atomic E-state index is 1.07. The number of aryl methyl sites for hydroxylation is 1. The highest BCUT2D eigenvalue weighted by atomic mass is 15.1. The molecule has 2 heteroatoms. The molecule has 0 atom stereocenters. The molecule has 0 saturated carbocycles. The minimum Gasteiger partial charge on any atom is -0.159 e. The van der Waals surface area contributed by atoms with Gasteiger partial charge in [0, 0.05) is 5.56 Å². The third-order valence-corrected chi connectivity index (χ3v) is 2.72. The zero-order valence-corrected chi connectivity index (χ0v) is 9.07. The third-order valence-electron chi connectivity index (χ3n) is 2.72. The van der Waals surface area contributed by atoms with Crippen LogP contribution in [0.25, 0.3) is 11.1 Å². The monoisotopic (exact) mass is 198 g/mol. The Balaban J connectivity index is 2.54. The van der Waals surface area contributed by atoms with E-state index in [2.05, 4.69) is 42.2 Å². The number of hydrogen-bond donors (Lipinski definition) is 0. The third kappa shape index (κ3) is 1.89. The van der Waals surface area contributed by atoms with Crippen LogP contribution in [0.3, 0.4) is 0 Å². The molecule has 2 rings (SSSR count). The van der Waals surface area contributed by atoms with Crippen molar-refractivity contribution in [3.8, 4) is 11.1 Å². The molecule has 2 aromatic rings. The maximum atomic E-state index is 3.91. The topological polar surface area (TPSA) is 25.8 Å². The summed E-state index contributed by atoms with van der Waals surface area (Å²) in [5, 5.41) is 7.70. The van der Waals surface area contributed by atoms with E-state index in [-0.39, 0.29) is 0 Å². The lowest BCUT2D eigenvalue weighted by molar-refractivity contribution is 1.03. The number of hydrogen-bond acceptors (Lipinski definition) is 2. The van der Waals surface area contributed by atoms with Gasteiger partial charge in [-0.1, -0.05) is 25.1 Å². The molecule has 15 heavy (non-hydrogen) atoms. The standard InChI is InChI=1S/C13H14N2/c1-3-11-5-4-6-13(10(11)2)12-7-8-14-15-9-12/h4-9H,3H2,1-2H3. The van der Waals surface area contributed by atoms with Gasteiger partial charge in [0.15, 0.2) is 0 Å². The van der Waals surface area contributed by atoms with Crippen LogP contribution in [0, 0.1) is 6.92 Å². The largest absolute Gasteiger partial charge is 0.159 e. The summed E-state index contributed by atoms with van der Waals surface area (Å²) in [6.45, 7) is 4.34. The smallest absolute Gasteiger partial charge is 0.0574 e. The first-order valence-corrected chi connectivity index (χ1v) is 5.18. The van der Waals surface area contributed by atoms with E-state index in [0.29, 0.717) is 0 Å². The molecule has 0 aliphatic rings. The molecule has 0 amide bonds. The van der Waals surface area contributed by atoms with Gasteiger partial charge in [0.05, 0.1) is 12.4 Å². The Morgan fingerprint density at radius 3 is 2.67 bits per heavy atom. The summed E-state index contributed by atoms with van der Waals surface area (Å²) in [6.07, 6.45) is 4.60. The molecule has 1 heterocycles. The Labute approximate surface area is 90.0 Å². The van der Waals surface area contributed by atoms with Gasteiger partial charge in [-0.05, 0) is 36.1 Å². The van der Waals surface area contributed by atoms with E-state index in [1.54, 1.807) is 6.20 Å². The van der Waals surface area contributed by atoms with Crippen molar-refractivity contribution >= 4 is 0 Å². The Kier molecular flexibility index (Phi) is 2.77. The molecule has 0 spiro atoms. The minimum atomic E-state index is 1.07. The molecule has 1 aromatic heterocycles. The molecule has 0 radical (unpaired) electrons. The van der Waals surface area contributed by atoms with Crippen LogP contribution in [0.1, 0.15) is 18.1 Å². The molecular weight excluding hydrogens is 184 g/mol. The molecule has 0 saturated heterocycles. The van der Waals surface area contributed by atoms with Crippen molar-refractivity contribution in [1.29, 1.82) is 0 Å². The Bertz CT molecular complexity index is 449. The normalized spacial score (nSPS) is 10.3. The van der Waals surface area contributed by atoms with E-state index in [1.165, 1.54) is 16.7 Å². The van der Waals surface area contributed by atoms with Crippen LogP contribution >= 0.6 is 0 Å². The van der Waals surface area contributed by atoms with Crippen molar-refractivity contribution in [3.63, 3.8) is 0 Å². The average Bonchev–Trinajstić information content (AvgIpc) is 2.30. The highest BCUT2D eigenvalue weighted by molar-refractivity contribution is 5.67. The molecule has 0 aliphatic carbocycles. The second-order valence-corrected chi connectivity index (χ2v) is 3.57. The molecule has 0 fully saturated rings. The summed E-state index contributed by atoms with van der Waals surface area (Å²) in [5.41, 5.74) is 5.12. The van der Waals surface area contributed by atoms with Crippen molar-refractivity contribution in [1.82, 2.24) is 10.2 Å². The van der Waals surface area contributed by atoms with Gasteiger partial charge in [0.25, 0.3) is 0 Å². The van der Waals surface area contributed by atoms with Crippen LogP contribution in [-0.2, 0) is 6.42 Å². The Morgan fingerprint density at radius 2 is 2.00 bits per heavy atom. The molecule has 2 nitrogen and oxygen atoms in total. The molecule has 1 aromatic carbocycles. The van der Waals surface area contributed by atoms with Crippen molar-refractivity contribution in [2.45, 2.75) is 20.3 Å². The number of rotatable bonds is 2. The van der Waals surface area contributed by atoms with Crippen LogP contribution in [0.2, 0.25) is 0 Å². The highest BCUT2D eigenvalue weighted by Gasteiger charge is 2.04. The van der Waals surface area contributed by atoms with Crippen molar-refractivity contribution in [2.75, 3.05) is 0 Å². The lowest BCUT2D eigenvalue weighted by Gasteiger charge is -2.09. The summed E-state index contributed by atoms with van der Waals surface area (Å²) in [4.78, 5) is 0. The van der Waals surface area contributed by atoms with E-state index >= 15 is 0 Å². The maximum absolute atomic E-state index is 3.91. The first kappa shape index (κ1) is 9.84. The van der Waals surface area contributed by atoms with E-state index < -0.39 is 0 Å². The van der Waals surface area contributed by atoms with Gasteiger partial charge in [-0.3, -0.25) is 0 Å². The second-order valence-electron chi connectivity index (χ2n) is 3.57. The predicted molar refractivity (Wildman–Crippen MR) is 61.6 cm³/mol. The average molecular weight is 198 g/mol. The van der Waals surface area contributed by atoms with E-state index in [1.807, 2.05) is 12.3 Å². The Morgan fingerprint density at radius 1 is 1.13 bits per heavy atom. The van der Waals surface area contributed by atoms with Gasteiger partial charge in [0.2, 0.25) is 0 Å². The molecule has 0 N–H and O–H groups in total. The van der Waals surface area contributed by atoms with Crippen LogP contribution in [0.15, 0.2) is 36.7 Å². The van der Waals surface area contributed by atoms with E-state index in [0.717, 1.165) is 12.0 Å². The molecule has 0 unspecified atom stereocenters. The van der Waals surface area contributed by atoms with Gasteiger partial charge < -0.3 is 0 Å². The first-order chi connectivity index (χ1) is 7.33.